The molecular weight excluding hydrogens is 483 g/mol. The summed E-state index contributed by atoms with van der Waals surface area (Å²) in [5.41, 5.74) is 2.55. The van der Waals surface area contributed by atoms with Crippen LogP contribution < -0.4 is 5.32 Å². The predicted molar refractivity (Wildman–Crippen MR) is 144 cm³/mol. The molecule has 0 spiro atoms. The van der Waals surface area contributed by atoms with Crippen molar-refractivity contribution in [3.63, 3.8) is 0 Å². The topological polar surface area (TPSA) is 95.1 Å². The highest BCUT2D eigenvalue weighted by Gasteiger charge is 2.27. The molecule has 10 heteroatoms. The molecule has 0 aromatic carbocycles. The molecule has 6 heterocycles. The molecule has 3 saturated heterocycles. The fourth-order valence-corrected chi connectivity index (χ4v) is 6.03. The van der Waals surface area contributed by atoms with E-state index in [0.29, 0.717) is 18.2 Å². The van der Waals surface area contributed by atoms with Crippen molar-refractivity contribution >= 4 is 11.6 Å². The molecule has 3 aliphatic heterocycles. The lowest BCUT2D eigenvalue weighted by Crippen LogP contribution is -2.43. The van der Waals surface area contributed by atoms with E-state index in [9.17, 15) is 4.39 Å². The minimum absolute atomic E-state index is 0.195. The maximum Gasteiger partial charge on any atom is 0.228 e. The minimum atomic E-state index is -0.493. The second-order valence-electron chi connectivity index (χ2n) is 10.9. The van der Waals surface area contributed by atoms with Crippen molar-refractivity contribution in [2.45, 2.75) is 70.1 Å². The monoisotopic (exact) mass is 520 g/mol. The molecule has 202 valence electrons. The molecule has 3 aromatic heterocycles. The van der Waals surface area contributed by atoms with Crippen LogP contribution in [-0.2, 0) is 11.3 Å². The molecule has 38 heavy (non-hydrogen) atoms. The van der Waals surface area contributed by atoms with E-state index in [1.54, 1.807) is 12.4 Å². The fraction of sp³-hybridized carbons (Fsp3) is 0.571. The SMILES string of the molecule is CC1CC(c2ncc(-c3nc(Nc4ccc(CN5CCC(N6CCCC6)CC5)nc4)ncc3F)[nH]2)CCO1. The number of hydrogen-bond donors (Lipinski definition) is 2. The Morgan fingerprint density at radius 1 is 1.03 bits per heavy atom. The van der Waals surface area contributed by atoms with Crippen molar-refractivity contribution in [3.05, 3.63) is 48.1 Å². The van der Waals surface area contributed by atoms with Crippen molar-refractivity contribution in [2.24, 2.45) is 0 Å². The van der Waals surface area contributed by atoms with Crippen molar-refractivity contribution in [1.29, 1.82) is 0 Å². The van der Waals surface area contributed by atoms with Crippen LogP contribution in [0.25, 0.3) is 11.4 Å². The summed E-state index contributed by atoms with van der Waals surface area (Å²) >= 11 is 0. The molecule has 3 aromatic rings. The first kappa shape index (κ1) is 25.3. The van der Waals surface area contributed by atoms with Crippen LogP contribution in [0.1, 0.15) is 62.9 Å². The summed E-state index contributed by atoms with van der Waals surface area (Å²) in [5.74, 6) is 0.947. The number of hydrogen-bond acceptors (Lipinski definition) is 8. The second kappa shape index (κ2) is 11.4. The van der Waals surface area contributed by atoms with Crippen LogP contribution in [0, 0.1) is 5.82 Å². The Bertz CT molecular complexity index is 1200. The number of pyridine rings is 1. The van der Waals surface area contributed by atoms with Crippen LogP contribution in [-0.4, -0.2) is 79.7 Å². The predicted octanol–water partition coefficient (Wildman–Crippen LogP) is 4.49. The summed E-state index contributed by atoms with van der Waals surface area (Å²) in [7, 11) is 0. The Hall–Kier alpha value is -2.95. The zero-order chi connectivity index (χ0) is 25.9. The van der Waals surface area contributed by atoms with Crippen LogP contribution in [0.2, 0.25) is 0 Å². The average Bonchev–Trinajstić information content (AvgIpc) is 3.65. The lowest BCUT2D eigenvalue weighted by molar-refractivity contribution is 0.0174. The molecule has 0 saturated carbocycles. The van der Waals surface area contributed by atoms with Crippen LogP contribution in [0.4, 0.5) is 16.0 Å². The van der Waals surface area contributed by atoms with E-state index in [1.165, 1.54) is 45.0 Å². The number of H-pyrrole nitrogens is 1. The highest BCUT2D eigenvalue weighted by molar-refractivity contribution is 5.59. The number of ether oxygens (including phenoxy) is 1. The number of piperidine rings is 1. The number of rotatable bonds is 7. The van der Waals surface area contributed by atoms with Gasteiger partial charge in [-0.05, 0) is 70.7 Å². The molecule has 3 fully saturated rings. The van der Waals surface area contributed by atoms with Crippen molar-refractivity contribution in [3.8, 4) is 11.4 Å². The third kappa shape index (κ3) is 5.87. The minimum Gasteiger partial charge on any atom is -0.378 e. The second-order valence-corrected chi connectivity index (χ2v) is 10.9. The van der Waals surface area contributed by atoms with E-state index in [-0.39, 0.29) is 17.7 Å². The van der Waals surface area contributed by atoms with Gasteiger partial charge in [-0.25, -0.2) is 19.3 Å². The Labute approximate surface area is 223 Å². The van der Waals surface area contributed by atoms with Gasteiger partial charge in [0, 0.05) is 38.2 Å². The fourth-order valence-electron chi connectivity index (χ4n) is 6.03. The first-order chi connectivity index (χ1) is 18.6. The lowest BCUT2D eigenvalue weighted by atomic mass is 9.96. The Morgan fingerprint density at radius 3 is 2.63 bits per heavy atom. The summed E-state index contributed by atoms with van der Waals surface area (Å²) in [5, 5.41) is 3.16. The van der Waals surface area contributed by atoms with Gasteiger partial charge in [0.25, 0.3) is 0 Å². The van der Waals surface area contributed by atoms with E-state index < -0.39 is 5.82 Å². The third-order valence-corrected chi connectivity index (χ3v) is 8.15. The van der Waals surface area contributed by atoms with Gasteiger partial charge in [-0.1, -0.05) is 0 Å². The smallest absolute Gasteiger partial charge is 0.228 e. The van der Waals surface area contributed by atoms with E-state index >= 15 is 0 Å². The van der Waals surface area contributed by atoms with Gasteiger partial charge in [0.15, 0.2) is 5.82 Å². The van der Waals surface area contributed by atoms with Crippen molar-refractivity contribution in [1.82, 2.24) is 34.7 Å². The van der Waals surface area contributed by atoms with Gasteiger partial charge in [-0.15, -0.1) is 0 Å². The van der Waals surface area contributed by atoms with Gasteiger partial charge in [0.2, 0.25) is 5.95 Å². The van der Waals surface area contributed by atoms with Gasteiger partial charge in [0.1, 0.15) is 11.5 Å². The highest BCUT2D eigenvalue weighted by atomic mass is 19.1. The zero-order valence-corrected chi connectivity index (χ0v) is 22.1. The van der Waals surface area contributed by atoms with Gasteiger partial charge < -0.3 is 19.9 Å². The Balaban J connectivity index is 1.06. The number of nitrogens with zero attached hydrogens (tertiary/aromatic N) is 6. The molecule has 2 N–H and O–H groups in total. The van der Waals surface area contributed by atoms with Crippen molar-refractivity contribution in [2.75, 3.05) is 38.1 Å². The number of nitrogens with one attached hydrogen (secondary N) is 2. The summed E-state index contributed by atoms with van der Waals surface area (Å²) in [4.78, 5) is 26.2. The van der Waals surface area contributed by atoms with Crippen LogP contribution >= 0.6 is 0 Å². The molecule has 0 amide bonds. The van der Waals surface area contributed by atoms with Crippen LogP contribution in [0.3, 0.4) is 0 Å². The molecule has 0 radical (unpaired) electrons. The largest absolute Gasteiger partial charge is 0.378 e. The average molecular weight is 521 g/mol. The quantitative estimate of drug-likeness (QED) is 0.471. The number of imidazole rings is 1. The molecular formula is C28H37FN8O. The summed E-state index contributed by atoms with van der Waals surface area (Å²) in [6.45, 7) is 8.44. The van der Waals surface area contributed by atoms with E-state index in [0.717, 1.165) is 55.7 Å². The van der Waals surface area contributed by atoms with E-state index in [4.69, 9.17) is 4.74 Å². The Kier molecular flexibility index (Phi) is 7.62. The molecule has 0 bridgehead atoms. The maximum absolute atomic E-state index is 14.7. The molecule has 2 unspecified atom stereocenters. The first-order valence-corrected chi connectivity index (χ1v) is 14.0. The van der Waals surface area contributed by atoms with Gasteiger partial charge in [-0.3, -0.25) is 9.88 Å². The van der Waals surface area contributed by atoms with Crippen LogP contribution in [0.15, 0.2) is 30.7 Å². The van der Waals surface area contributed by atoms with Gasteiger partial charge in [0.05, 0.1) is 41.8 Å². The van der Waals surface area contributed by atoms with Crippen LogP contribution in [0.5, 0.6) is 0 Å². The first-order valence-electron chi connectivity index (χ1n) is 14.0. The van der Waals surface area contributed by atoms with E-state index in [2.05, 4.69) is 47.0 Å². The zero-order valence-electron chi connectivity index (χ0n) is 22.1. The standard InChI is InChI=1S/C28H37FN8O/c1-19-14-20(8-13-38-19)27-31-17-25(34-27)26-24(29)16-32-28(35-26)33-21-4-5-22(30-15-21)18-36-11-6-23(7-12-36)37-9-2-3-10-37/h4-5,15-17,19-20,23H,2-3,6-14,18H2,1H3,(H,31,34)(H,32,33,35). The van der Waals surface area contributed by atoms with Crippen molar-refractivity contribution < 1.29 is 9.13 Å². The number of halogens is 1. The molecule has 3 aliphatic rings. The summed E-state index contributed by atoms with van der Waals surface area (Å²) in [6.07, 6.45) is 11.8. The summed E-state index contributed by atoms with van der Waals surface area (Å²) < 4.78 is 20.3. The van der Waals surface area contributed by atoms with Gasteiger partial charge in [-0.2, -0.15) is 0 Å². The number of anilines is 2. The highest BCUT2D eigenvalue weighted by Crippen LogP contribution is 2.30. The number of aromatic nitrogens is 5. The van der Waals surface area contributed by atoms with E-state index in [1.807, 2.05) is 12.1 Å². The molecule has 2 atom stereocenters. The maximum atomic E-state index is 14.7. The Morgan fingerprint density at radius 2 is 1.87 bits per heavy atom. The number of likely N-dealkylation sites (tertiary alicyclic amines) is 2. The normalized spacial score (nSPS) is 23.6. The number of aromatic amines is 1. The third-order valence-electron chi connectivity index (χ3n) is 8.15. The van der Waals surface area contributed by atoms with Gasteiger partial charge >= 0.3 is 0 Å². The molecule has 6 rings (SSSR count). The molecule has 0 aliphatic carbocycles. The lowest BCUT2D eigenvalue weighted by Gasteiger charge is -2.36. The molecule has 9 nitrogen and oxygen atoms in total. The summed E-state index contributed by atoms with van der Waals surface area (Å²) in [6, 6.07) is 4.77.